The molecule has 25 nitrogen and oxygen atoms in total. The van der Waals surface area contributed by atoms with E-state index in [9.17, 15) is 52.6 Å². The number of nitrogens with two attached hydrogens (primary N) is 2. The Morgan fingerprint density at radius 2 is 1.42 bits per heavy atom. The second-order valence-electron chi connectivity index (χ2n) is 26.2. The number of phenolic OH excluding ortho intramolecular Hbond substituents is 1. The molecule has 1 unspecified atom stereocenters. The number of anilines is 1. The standard InChI is InChI=1S/C69H85F2N13O12S2/c1-68-20-6-25-84(68)66(94)53(28-39-11-15-46(85)16-12-39)80-64(92)59(69(96)21-22-69)82-63(91)56-10-5-24-83(56)65(93)54(30-43-34-75-50-18-14-45(71)32-48(43)50)79-62(90)52(29-42-33-74-49-17-13-44(70)31-47(42)49)78-58(87)35-76-61(89)51(9-2-3-23-72)77-57(86)19-26-97-36-40-7-4-8-41(27-40)37-98-38-55(60(73)88)81-67(68)95/h4,7-8,11-18,27,31-32,34,42,51-56,59,74-75,85,96H,2-3,5-6,9-10,19-26,28-30,33,35-38,72H2,1H3,(H2,73,88)(H,76,89)(H,77,86)(H,78,87)(H,79,90)(H,80,92)(H,81,95)(H,82,91)/t42?,51-,52-,53-,54-,55-,56-,59+,68-/m0/s1. The maximum absolute atomic E-state index is 15.4. The molecular formula is C69H85F2N13O12S2. The molecule has 5 aliphatic rings. The third-order valence-electron chi connectivity index (χ3n) is 19.0. The Hall–Kier alpha value is -8.80. The molecule has 9 atom stereocenters. The number of fused-ring (bicyclic) bond motifs is 6. The van der Waals surface area contributed by atoms with Gasteiger partial charge in [-0.15, -0.1) is 0 Å². The van der Waals surface area contributed by atoms with Crippen LogP contribution in [0.2, 0.25) is 0 Å². The Bertz CT molecular complexity index is 3800. The van der Waals surface area contributed by atoms with Gasteiger partial charge in [0.05, 0.1) is 12.1 Å². The number of thioether (sulfide) groups is 2. The van der Waals surface area contributed by atoms with Crippen molar-refractivity contribution in [3.8, 4) is 5.75 Å². The number of benzene rings is 4. The number of hydrogen-bond acceptors (Lipinski definition) is 16. The molecule has 1 aliphatic carbocycles. The number of carbonyl (C=O) groups excluding carboxylic acids is 10. The number of halogens is 2. The molecule has 10 rings (SSSR count). The number of phenols is 1. The first-order valence-corrected chi connectivity index (χ1v) is 35.5. The summed E-state index contributed by atoms with van der Waals surface area (Å²) in [7, 11) is 0. The molecule has 10 amide bonds. The molecule has 0 radical (unpaired) electrons. The summed E-state index contributed by atoms with van der Waals surface area (Å²) in [6, 6.07) is 12.0. The van der Waals surface area contributed by atoms with Gasteiger partial charge in [-0.25, -0.2) is 8.78 Å². The van der Waals surface area contributed by atoms with Gasteiger partial charge in [0.25, 0.3) is 0 Å². The highest BCUT2D eigenvalue weighted by molar-refractivity contribution is 7.98. The molecule has 5 aromatic rings. The molecule has 5 heterocycles. The summed E-state index contributed by atoms with van der Waals surface area (Å²) in [6.45, 7) is 1.47. The van der Waals surface area contributed by atoms with Gasteiger partial charge in [-0.2, -0.15) is 23.5 Å². The fourth-order valence-electron chi connectivity index (χ4n) is 13.3. The van der Waals surface area contributed by atoms with E-state index in [4.69, 9.17) is 11.5 Å². The van der Waals surface area contributed by atoms with Gasteiger partial charge >= 0.3 is 0 Å². The van der Waals surface area contributed by atoms with Gasteiger partial charge in [0.15, 0.2) is 0 Å². The zero-order chi connectivity index (χ0) is 69.8. The first-order chi connectivity index (χ1) is 47.0. The Morgan fingerprint density at radius 1 is 0.704 bits per heavy atom. The number of aromatic nitrogens is 1. The van der Waals surface area contributed by atoms with Gasteiger partial charge in [0.2, 0.25) is 59.1 Å². The summed E-state index contributed by atoms with van der Waals surface area (Å²) < 4.78 is 29.9. The third kappa shape index (κ3) is 17.9. The molecule has 4 aliphatic heterocycles. The van der Waals surface area contributed by atoms with Crippen molar-refractivity contribution in [2.75, 3.05) is 49.5 Å². The summed E-state index contributed by atoms with van der Waals surface area (Å²) >= 11 is 2.84. The summed E-state index contributed by atoms with van der Waals surface area (Å²) in [6.07, 6.45) is 3.10. The number of aliphatic hydroxyl groups is 1. The van der Waals surface area contributed by atoms with Crippen LogP contribution in [0.1, 0.15) is 111 Å². The number of aromatic amines is 1. The number of nitrogens with zero attached hydrogens (tertiary/aromatic N) is 2. The Morgan fingerprint density at radius 3 is 2.16 bits per heavy atom. The van der Waals surface area contributed by atoms with Crippen LogP contribution in [0.5, 0.6) is 5.75 Å². The van der Waals surface area contributed by atoms with E-state index >= 15 is 14.4 Å². The number of unbranched alkanes of at least 4 members (excludes halogenated alkanes) is 1. The highest BCUT2D eigenvalue weighted by atomic mass is 32.2. The van der Waals surface area contributed by atoms with E-state index in [1.807, 2.05) is 24.3 Å². The SMILES string of the molecule is C[C@@]12CCCN1C(=O)[C@H](Cc1ccc(O)cc1)NC(=O)[C@H](C1(O)CC1)NC(=O)[C@@H]1CCCN1C(=O)[C@H](Cc1c[nH]c3ccc(F)cc13)NC(=O)[C@H](CC1CNc3ccc(F)cc31)NC(=O)CNC(=O)[C@H](CCCCN)NC(=O)CCSCc1cccc(c1)CSC[C@@H](C(N)=O)NC2=O. The molecular weight excluding hydrogens is 1300 g/mol. The monoisotopic (exact) mass is 1390 g/mol. The van der Waals surface area contributed by atoms with E-state index in [-0.39, 0.29) is 95.3 Å². The highest BCUT2D eigenvalue weighted by Gasteiger charge is 2.55. The summed E-state index contributed by atoms with van der Waals surface area (Å²) in [5.41, 5.74) is 12.7. The maximum atomic E-state index is 15.4. The Labute approximate surface area is 574 Å². The van der Waals surface area contributed by atoms with Crippen LogP contribution in [-0.4, -0.2) is 182 Å². The number of rotatable bonds is 12. The molecule has 15 N–H and O–H groups in total. The van der Waals surface area contributed by atoms with E-state index in [0.717, 1.165) is 11.1 Å². The van der Waals surface area contributed by atoms with Crippen LogP contribution in [0.25, 0.3) is 10.9 Å². The fraction of sp³-hybridized carbons (Fsp3) is 0.478. The average Bonchev–Trinajstić information content (AvgIpc) is 1.55. The largest absolute Gasteiger partial charge is 0.508 e. The predicted molar refractivity (Wildman–Crippen MR) is 364 cm³/mol. The second kappa shape index (κ2) is 32.3. The van der Waals surface area contributed by atoms with Crippen molar-refractivity contribution in [3.63, 3.8) is 0 Å². The molecule has 29 heteroatoms. The van der Waals surface area contributed by atoms with Crippen LogP contribution < -0.4 is 54.0 Å². The van der Waals surface area contributed by atoms with Gasteiger partial charge in [-0.1, -0.05) is 36.4 Å². The van der Waals surface area contributed by atoms with Crippen molar-refractivity contribution in [2.24, 2.45) is 11.5 Å². The molecule has 524 valence electrons. The number of carbonyl (C=O) groups is 10. The van der Waals surface area contributed by atoms with E-state index < -0.39 is 137 Å². The van der Waals surface area contributed by atoms with E-state index in [1.165, 1.54) is 75.8 Å². The van der Waals surface area contributed by atoms with Crippen molar-refractivity contribution in [1.82, 2.24) is 52.0 Å². The molecule has 98 heavy (non-hydrogen) atoms. The molecule has 4 aromatic carbocycles. The molecule has 0 spiro atoms. The van der Waals surface area contributed by atoms with Gasteiger partial charge in [0, 0.05) is 90.6 Å². The first kappa shape index (κ1) is 72.0. The zero-order valence-electron chi connectivity index (χ0n) is 54.4. The lowest BCUT2D eigenvalue weighted by atomic mass is 9.93. The van der Waals surface area contributed by atoms with Crippen LogP contribution in [0, 0.1) is 11.6 Å². The Kier molecular flexibility index (Phi) is 23.7. The zero-order valence-corrected chi connectivity index (χ0v) is 56.1. The molecule has 3 fully saturated rings. The predicted octanol–water partition coefficient (Wildman–Crippen LogP) is 2.64. The number of hydrogen-bond donors (Lipinski definition) is 13. The minimum absolute atomic E-state index is 0.0335. The van der Waals surface area contributed by atoms with E-state index in [0.29, 0.717) is 76.3 Å². The summed E-state index contributed by atoms with van der Waals surface area (Å²) in [4.78, 5) is 150. The van der Waals surface area contributed by atoms with Gasteiger partial charge < -0.3 is 79.0 Å². The minimum Gasteiger partial charge on any atom is -0.508 e. The molecule has 2 saturated heterocycles. The van der Waals surface area contributed by atoms with E-state index in [1.54, 1.807) is 31.3 Å². The van der Waals surface area contributed by atoms with Crippen molar-refractivity contribution < 1.29 is 66.9 Å². The fourth-order valence-corrected chi connectivity index (χ4v) is 15.2. The van der Waals surface area contributed by atoms with Crippen LogP contribution in [0.15, 0.2) is 91.1 Å². The number of primary amides is 1. The third-order valence-corrected chi connectivity index (χ3v) is 21.1. The van der Waals surface area contributed by atoms with Gasteiger partial charge in [-0.3, -0.25) is 47.9 Å². The number of aromatic hydroxyl groups is 1. The van der Waals surface area contributed by atoms with Crippen LogP contribution in [0.3, 0.4) is 0 Å². The lowest BCUT2D eigenvalue weighted by molar-refractivity contribution is -0.147. The van der Waals surface area contributed by atoms with E-state index in [2.05, 4.69) is 47.5 Å². The number of H-pyrrole nitrogens is 1. The van der Waals surface area contributed by atoms with Gasteiger partial charge in [0.1, 0.15) is 65.2 Å². The molecule has 1 saturated carbocycles. The Balaban J connectivity index is 0.960. The van der Waals surface area contributed by atoms with Crippen molar-refractivity contribution in [2.45, 2.75) is 161 Å². The first-order valence-electron chi connectivity index (χ1n) is 33.2. The number of amides is 10. The van der Waals surface area contributed by atoms with Crippen molar-refractivity contribution in [1.29, 1.82) is 0 Å². The van der Waals surface area contributed by atoms with Crippen LogP contribution in [0.4, 0.5) is 14.5 Å². The average molecular weight is 1390 g/mol. The van der Waals surface area contributed by atoms with Crippen molar-refractivity contribution >= 4 is 99.2 Å². The second-order valence-corrected chi connectivity index (χ2v) is 28.3. The quantitative estimate of drug-likeness (QED) is 0.0799. The summed E-state index contributed by atoms with van der Waals surface area (Å²) in [5.74, 6) is -7.99. The summed E-state index contributed by atoms with van der Waals surface area (Å²) in [5, 5.41) is 44.9. The van der Waals surface area contributed by atoms with Crippen LogP contribution in [-0.2, 0) is 72.3 Å². The van der Waals surface area contributed by atoms with Gasteiger partial charge in [-0.05, 0) is 154 Å². The number of nitrogens with one attached hydrogen (secondary N) is 9. The molecule has 2 bridgehead atoms. The van der Waals surface area contributed by atoms with Crippen LogP contribution >= 0.6 is 23.5 Å². The maximum Gasteiger partial charge on any atom is 0.246 e. The van der Waals surface area contributed by atoms with Crippen molar-refractivity contribution in [3.05, 3.63) is 131 Å². The smallest absolute Gasteiger partial charge is 0.246 e. The highest BCUT2D eigenvalue weighted by Crippen LogP contribution is 2.40. The molecule has 1 aromatic heterocycles. The lowest BCUT2D eigenvalue weighted by Gasteiger charge is -2.37. The minimum atomic E-state index is -1.81. The lowest BCUT2D eigenvalue weighted by Crippen LogP contribution is -2.64. The normalized spacial score (nSPS) is 26.0. The topological polar surface area (TPSA) is 382 Å².